The third-order valence-corrected chi connectivity index (χ3v) is 5.44. The van der Waals surface area contributed by atoms with E-state index in [1.54, 1.807) is 12.5 Å². The number of hydrogen-bond donors (Lipinski definition) is 2. The molecule has 1 aliphatic heterocycles. The van der Waals surface area contributed by atoms with Crippen LogP contribution in [0, 0.1) is 0 Å². The molecule has 3 aromatic rings. The van der Waals surface area contributed by atoms with E-state index in [1.165, 1.54) is 0 Å². The Morgan fingerprint density at radius 1 is 1.24 bits per heavy atom. The number of piperidine rings is 1. The molecular formula is C20H22Cl4N4O. The molecule has 2 atom stereocenters. The molecule has 0 unspecified atom stereocenters. The number of fused-ring (bicyclic) bond motifs is 1. The number of hydrogen-bond acceptors (Lipinski definition) is 4. The van der Waals surface area contributed by atoms with Crippen LogP contribution in [0.2, 0.25) is 10.0 Å². The van der Waals surface area contributed by atoms with Gasteiger partial charge in [0.2, 0.25) is 0 Å². The van der Waals surface area contributed by atoms with E-state index in [1.807, 2.05) is 41.0 Å². The molecule has 5 nitrogen and oxygen atoms in total. The third kappa shape index (κ3) is 5.23. The van der Waals surface area contributed by atoms with Gasteiger partial charge in [0.25, 0.3) is 0 Å². The van der Waals surface area contributed by atoms with E-state index < -0.39 is 0 Å². The van der Waals surface area contributed by atoms with Gasteiger partial charge in [-0.3, -0.25) is 0 Å². The lowest BCUT2D eigenvalue weighted by Gasteiger charge is -2.26. The van der Waals surface area contributed by atoms with Crippen LogP contribution < -0.4 is 5.32 Å². The number of nitrogens with zero attached hydrogens (tertiary/aromatic N) is 3. The van der Waals surface area contributed by atoms with Gasteiger partial charge < -0.3 is 15.0 Å². The predicted molar refractivity (Wildman–Crippen MR) is 124 cm³/mol. The summed E-state index contributed by atoms with van der Waals surface area (Å²) in [6, 6.07) is 7.51. The predicted octanol–water partition coefficient (Wildman–Crippen LogP) is 4.92. The van der Waals surface area contributed by atoms with Crippen molar-refractivity contribution in [3.05, 3.63) is 59.0 Å². The number of aromatic nitrogens is 3. The highest BCUT2D eigenvalue weighted by atomic mass is 35.5. The van der Waals surface area contributed by atoms with Crippen molar-refractivity contribution < 1.29 is 5.11 Å². The Bertz CT molecular complexity index is 992. The summed E-state index contributed by atoms with van der Waals surface area (Å²) in [5.41, 5.74) is 3.11. The second kappa shape index (κ2) is 10.6. The third-order valence-electron chi connectivity index (χ3n) is 4.82. The van der Waals surface area contributed by atoms with E-state index in [9.17, 15) is 5.11 Å². The lowest BCUT2D eigenvalue weighted by molar-refractivity contribution is 0.115. The Kier molecular flexibility index (Phi) is 8.76. The van der Waals surface area contributed by atoms with Gasteiger partial charge in [0, 0.05) is 23.3 Å². The highest BCUT2D eigenvalue weighted by molar-refractivity contribution is 6.37. The molecule has 3 heterocycles. The second-order valence-electron chi connectivity index (χ2n) is 6.68. The highest BCUT2D eigenvalue weighted by Gasteiger charge is 2.19. The number of pyridine rings is 1. The minimum Gasteiger partial charge on any atom is -0.391 e. The Balaban J connectivity index is 0.00000150. The van der Waals surface area contributed by atoms with Crippen molar-refractivity contribution in [1.82, 2.24) is 19.9 Å². The average molecular weight is 476 g/mol. The minimum absolute atomic E-state index is 0. The van der Waals surface area contributed by atoms with Gasteiger partial charge in [-0.25, -0.2) is 9.97 Å². The summed E-state index contributed by atoms with van der Waals surface area (Å²) < 4.78 is 1.94. The number of aliphatic hydroxyl groups excluding tert-OH is 1. The monoisotopic (exact) mass is 474 g/mol. The zero-order chi connectivity index (χ0) is 18.8. The molecule has 1 aromatic carbocycles. The Hall–Kier alpha value is -1.34. The number of allylic oxidation sites excluding steroid dienone is 1. The maximum Gasteiger partial charge on any atom is 0.161 e. The second-order valence-corrected chi connectivity index (χ2v) is 7.50. The maximum atomic E-state index is 10.0. The summed E-state index contributed by atoms with van der Waals surface area (Å²) in [5, 5.41) is 14.6. The van der Waals surface area contributed by atoms with Crippen molar-refractivity contribution in [2.75, 3.05) is 6.54 Å². The number of nitrogens with one attached hydrogen (secondary N) is 1. The van der Waals surface area contributed by atoms with Gasteiger partial charge in [0.1, 0.15) is 5.52 Å². The maximum absolute atomic E-state index is 10.0. The molecule has 1 saturated heterocycles. The van der Waals surface area contributed by atoms with E-state index in [0.717, 1.165) is 36.2 Å². The van der Waals surface area contributed by atoms with E-state index in [-0.39, 0.29) is 37.0 Å². The first-order valence-electron chi connectivity index (χ1n) is 8.97. The van der Waals surface area contributed by atoms with Gasteiger partial charge in [-0.05, 0) is 37.1 Å². The van der Waals surface area contributed by atoms with E-state index in [2.05, 4.69) is 15.3 Å². The zero-order valence-corrected chi connectivity index (χ0v) is 18.6. The molecule has 4 rings (SSSR count). The normalized spacial score (nSPS) is 19.1. The number of imidazole rings is 1. The molecule has 0 saturated carbocycles. The summed E-state index contributed by atoms with van der Waals surface area (Å²) in [7, 11) is 0. The number of halogens is 4. The molecule has 2 N–H and O–H groups in total. The molecule has 0 aliphatic carbocycles. The fraction of sp³-hybridized carbons (Fsp3) is 0.300. The van der Waals surface area contributed by atoms with Crippen LogP contribution in [-0.2, 0) is 6.54 Å². The molecule has 1 aliphatic rings. The van der Waals surface area contributed by atoms with E-state index >= 15 is 0 Å². The van der Waals surface area contributed by atoms with Crippen LogP contribution in [0.4, 0.5) is 0 Å². The van der Waals surface area contributed by atoms with Crippen molar-refractivity contribution >= 4 is 59.2 Å². The molecule has 9 heteroatoms. The van der Waals surface area contributed by atoms with Crippen molar-refractivity contribution in [2.45, 2.75) is 31.5 Å². The van der Waals surface area contributed by atoms with Gasteiger partial charge >= 0.3 is 0 Å². The van der Waals surface area contributed by atoms with Gasteiger partial charge in [-0.15, -0.1) is 24.8 Å². The molecule has 1 fully saturated rings. The van der Waals surface area contributed by atoms with Gasteiger partial charge in [-0.1, -0.05) is 47.5 Å². The van der Waals surface area contributed by atoms with Gasteiger partial charge in [-0.2, -0.15) is 0 Å². The first-order valence-corrected chi connectivity index (χ1v) is 9.72. The largest absolute Gasteiger partial charge is 0.391 e. The number of benzene rings is 1. The molecule has 0 spiro atoms. The zero-order valence-electron chi connectivity index (χ0n) is 15.5. The lowest BCUT2D eigenvalue weighted by atomic mass is 10.0. The van der Waals surface area contributed by atoms with Crippen LogP contribution in [0.1, 0.15) is 12.8 Å². The van der Waals surface area contributed by atoms with Crippen molar-refractivity contribution in [3.8, 4) is 11.1 Å². The molecule has 0 amide bonds. The SMILES string of the molecule is Cl.Cl.O[C@H]1CCCN[C@@H]1/C=C/Cn1cnc2c(Cl)c(-c3cccc(Cl)c3)cnc21. The quantitative estimate of drug-likeness (QED) is 0.525. The smallest absolute Gasteiger partial charge is 0.161 e. The summed E-state index contributed by atoms with van der Waals surface area (Å²) in [4.78, 5) is 9.01. The molecule has 2 aromatic heterocycles. The van der Waals surface area contributed by atoms with Crippen LogP contribution in [0.15, 0.2) is 48.9 Å². The fourth-order valence-corrected chi connectivity index (χ4v) is 3.86. The first-order chi connectivity index (χ1) is 13.1. The standard InChI is InChI=1S/C20H20Cl2N4O.2ClH/c21-14-5-1-4-13(10-14)15-11-24-20-19(18(15)22)25-12-26(20)9-3-6-16-17(27)7-2-8-23-16;;/h1,3-6,10-12,16-17,23,27H,2,7-9H2;2*1H/b6-3+;;/t16-,17+;;/m1../s1. The summed E-state index contributed by atoms with van der Waals surface area (Å²) in [6.45, 7) is 1.55. The van der Waals surface area contributed by atoms with Gasteiger partial charge in [0.05, 0.1) is 23.5 Å². The van der Waals surface area contributed by atoms with Crippen molar-refractivity contribution in [1.29, 1.82) is 0 Å². The lowest BCUT2D eigenvalue weighted by Crippen LogP contribution is -2.43. The fourth-order valence-electron chi connectivity index (χ4n) is 3.38. The molecule has 0 bridgehead atoms. The summed E-state index contributed by atoms with van der Waals surface area (Å²) in [6.07, 6.45) is 9.03. The molecular weight excluding hydrogens is 454 g/mol. The molecule has 156 valence electrons. The first kappa shape index (κ1) is 23.9. The topological polar surface area (TPSA) is 63.0 Å². The van der Waals surface area contributed by atoms with Crippen molar-refractivity contribution in [3.63, 3.8) is 0 Å². The van der Waals surface area contributed by atoms with Crippen LogP contribution in [0.25, 0.3) is 22.3 Å². The summed E-state index contributed by atoms with van der Waals surface area (Å²) >= 11 is 12.7. The Morgan fingerprint density at radius 3 is 2.83 bits per heavy atom. The van der Waals surface area contributed by atoms with E-state index in [0.29, 0.717) is 22.1 Å². The molecule has 29 heavy (non-hydrogen) atoms. The molecule has 0 radical (unpaired) electrons. The minimum atomic E-state index is -0.331. The van der Waals surface area contributed by atoms with Crippen molar-refractivity contribution in [2.24, 2.45) is 0 Å². The Labute approximate surface area is 192 Å². The van der Waals surface area contributed by atoms with Crippen LogP contribution in [-0.4, -0.2) is 38.3 Å². The van der Waals surface area contributed by atoms with Gasteiger partial charge in [0.15, 0.2) is 5.65 Å². The van der Waals surface area contributed by atoms with Crippen LogP contribution in [0.5, 0.6) is 0 Å². The summed E-state index contributed by atoms with van der Waals surface area (Å²) in [5.74, 6) is 0. The number of rotatable bonds is 4. The highest BCUT2D eigenvalue weighted by Crippen LogP contribution is 2.33. The Morgan fingerprint density at radius 2 is 2.07 bits per heavy atom. The number of aliphatic hydroxyl groups is 1. The van der Waals surface area contributed by atoms with E-state index in [4.69, 9.17) is 23.2 Å². The van der Waals surface area contributed by atoms with Crippen LogP contribution >= 0.6 is 48.0 Å². The van der Waals surface area contributed by atoms with Crippen LogP contribution in [0.3, 0.4) is 0 Å². The average Bonchev–Trinajstić information content (AvgIpc) is 3.08.